The monoisotopic (exact) mass is 321 g/mol. The second-order valence-electron chi connectivity index (χ2n) is 5.81. The highest BCUT2D eigenvalue weighted by atomic mass is 32.2. The van der Waals surface area contributed by atoms with Crippen molar-refractivity contribution in [1.82, 2.24) is 4.72 Å². The Hall–Kier alpha value is -1.15. The number of ether oxygens (including phenoxy) is 1. The Bertz CT molecular complexity index is 495. The van der Waals surface area contributed by atoms with E-state index >= 15 is 0 Å². The van der Waals surface area contributed by atoms with E-state index in [-0.39, 0.29) is 25.4 Å². The highest BCUT2D eigenvalue weighted by Crippen LogP contribution is 2.46. The number of esters is 1. The fraction of sp³-hybridized carbons (Fsp3) is 0.846. The number of carbonyl (C=O) groups excluding carboxylic acids is 1. The molecule has 7 nitrogen and oxygen atoms in total. The zero-order valence-corrected chi connectivity index (χ0v) is 13.4. The van der Waals surface area contributed by atoms with Gasteiger partial charge in [0, 0.05) is 0 Å². The third kappa shape index (κ3) is 4.67. The summed E-state index contributed by atoms with van der Waals surface area (Å²) in [4.78, 5) is 22.7. The second kappa shape index (κ2) is 6.74. The summed E-state index contributed by atoms with van der Waals surface area (Å²) in [7, 11) is -3.88. The van der Waals surface area contributed by atoms with Crippen LogP contribution >= 0.6 is 0 Å². The lowest BCUT2D eigenvalue weighted by Crippen LogP contribution is -2.47. The van der Waals surface area contributed by atoms with Gasteiger partial charge >= 0.3 is 11.9 Å². The fourth-order valence-electron chi connectivity index (χ4n) is 2.14. The predicted molar refractivity (Wildman–Crippen MR) is 76.1 cm³/mol. The van der Waals surface area contributed by atoms with Crippen LogP contribution in [0.3, 0.4) is 0 Å². The molecule has 1 fully saturated rings. The average Bonchev–Trinajstić information content (AvgIpc) is 3.08. The first-order valence-electron chi connectivity index (χ1n) is 7.04. The zero-order chi connectivity index (χ0) is 16.3. The van der Waals surface area contributed by atoms with E-state index in [2.05, 4.69) is 4.72 Å². The summed E-state index contributed by atoms with van der Waals surface area (Å²) >= 11 is 0. The van der Waals surface area contributed by atoms with Gasteiger partial charge < -0.3 is 9.84 Å². The van der Waals surface area contributed by atoms with Gasteiger partial charge in [0.15, 0.2) is 0 Å². The van der Waals surface area contributed by atoms with Gasteiger partial charge in [-0.1, -0.05) is 13.8 Å². The first kappa shape index (κ1) is 17.9. The third-order valence-electron chi connectivity index (χ3n) is 3.45. The van der Waals surface area contributed by atoms with Gasteiger partial charge in [-0.25, -0.2) is 13.1 Å². The Morgan fingerprint density at radius 3 is 2.29 bits per heavy atom. The maximum Gasteiger partial charge on any atom is 0.321 e. The molecule has 0 unspecified atom stereocenters. The second-order valence-corrected chi connectivity index (χ2v) is 7.92. The molecular weight excluding hydrogens is 298 g/mol. The van der Waals surface area contributed by atoms with Gasteiger partial charge in [-0.3, -0.25) is 9.59 Å². The van der Waals surface area contributed by atoms with E-state index in [9.17, 15) is 18.0 Å². The first-order valence-corrected chi connectivity index (χ1v) is 8.52. The van der Waals surface area contributed by atoms with Crippen LogP contribution in [-0.2, 0) is 24.3 Å². The average molecular weight is 321 g/mol. The van der Waals surface area contributed by atoms with Crippen molar-refractivity contribution in [3.63, 3.8) is 0 Å². The Morgan fingerprint density at radius 2 is 1.90 bits per heavy atom. The van der Waals surface area contributed by atoms with Crippen LogP contribution in [0.2, 0.25) is 0 Å². The van der Waals surface area contributed by atoms with E-state index in [1.807, 2.05) is 13.8 Å². The molecule has 0 saturated heterocycles. The van der Waals surface area contributed by atoms with Crippen LogP contribution < -0.4 is 4.72 Å². The van der Waals surface area contributed by atoms with Crippen LogP contribution in [-0.4, -0.2) is 42.9 Å². The lowest BCUT2D eigenvalue weighted by molar-refractivity contribution is -0.143. The van der Waals surface area contributed by atoms with Crippen molar-refractivity contribution in [3.8, 4) is 0 Å². The number of carbonyl (C=O) groups is 2. The Kier molecular flexibility index (Phi) is 5.75. The number of rotatable bonds is 9. The van der Waals surface area contributed by atoms with Gasteiger partial charge in [-0.05, 0) is 32.1 Å². The maximum absolute atomic E-state index is 12.4. The first-order chi connectivity index (χ1) is 9.63. The van der Waals surface area contributed by atoms with Gasteiger partial charge in [0.25, 0.3) is 0 Å². The van der Waals surface area contributed by atoms with Crippen LogP contribution in [0, 0.1) is 5.92 Å². The minimum Gasteiger partial charge on any atom is -0.480 e. The number of nitrogens with one attached hydrogen (secondary N) is 1. The van der Waals surface area contributed by atoms with Crippen LogP contribution in [0.25, 0.3) is 0 Å². The van der Waals surface area contributed by atoms with Crippen molar-refractivity contribution in [2.24, 2.45) is 5.92 Å². The van der Waals surface area contributed by atoms with Gasteiger partial charge in [0.1, 0.15) is 6.04 Å². The van der Waals surface area contributed by atoms with Crippen LogP contribution in [0.4, 0.5) is 0 Å². The highest BCUT2D eigenvalue weighted by Gasteiger charge is 2.56. The van der Waals surface area contributed by atoms with E-state index in [0.717, 1.165) is 0 Å². The predicted octanol–water partition coefficient (Wildman–Crippen LogP) is 0.891. The standard InChI is InChI=1S/C13H23NO6S/c1-4-20-11(15)8-13(5-6-13)21(18,19)14-10(12(16)17)7-9(2)3/h9-10,14H,4-8H2,1-3H3,(H,16,17)/t10-/m0/s1. The molecule has 21 heavy (non-hydrogen) atoms. The third-order valence-corrected chi connectivity index (χ3v) is 5.74. The number of carboxylic acid groups (broad SMARTS) is 1. The molecule has 1 aliphatic rings. The molecule has 8 heteroatoms. The van der Waals surface area contributed by atoms with Crippen molar-refractivity contribution in [2.75, 3.05) is 6.61 Å². The van der Waals surface area contributed by atoms with Crippen molar-refractivity contribution < 1.29 is 27.9 Å². The summed E-state index contributed by atoms with van der Waals surface area (Å²) in [6.45, 7) is 5.46. The van der Waals surface area contributed by atoms with E-state index in [1.54, 1.807) is 6.92 Å². The minimum absolute atomic E-state index is 0.0361. The molecule has 0 aliphatic heterocycles. The molecule has 0 aromatic carbocycles. The summed E-state index contributed by atoms with van der Waals surface area (Å²) in [6.07, 6.45) is 0.651. The quantitative estimate of drug-likeness (QED) is 0.610. The van der Waals surface area contributed by atoms with Crippen LogP contribution in [0.15, 0.2) is 0 Å². The summed E-state index contributed by atoms with van der Waals surface area (Å²) in [6, 6.07) is -1.17. The SMILES string of the molecule is CCOC(=O)CC1(S(=O)(=O)N[C@@H](CC(C)C)C(=O)O)CC1. The molecule has 0 radical (unpaired) electrons. The fourth-order valence-corrected chi connectivity index (χ4v) is 3.91. The number of carboxylic acids is 1. The van der Waals surface area contributed by atoms with Crippen LogP contribution in [0.5, 0.6) is 0 Å². The molecule has 0 aromatic rings. The Balaban J connectivity index is 2.80. The molecular formula is C13H23NO6S. The molecule has 1 saturated carbocycles. The summed E-state index contributed by atoms with van der Waals surface area (Å²) < 4.78 is 30.6. The number of sulfonamides is 1. The van der Waals surface area contributed by atoms with E-state index in [1.165, 1.54) is 0 Å². The maximum atomic E-state index is 12.4. The molecule has 122 valence electrons. The molecule has 0 spiro atoms. The largest absolute Gasteiger partial charge is 0.480 e. The normalized spacial score (nSPS) is 18.3. The van der Waals surface area contributed by atoms with Gasteiger partial charge in [-0.15, -0.1) is 0 Å². The van der Waals surface area contributed by atoms with Crippen LogP contribution in [0.1, 0.15) is 46.5 Å². The van der Waals surface area contributed by atoms with Crippen molar-refractivity contribution in [3.05, 3.63) is 0 Å². The number of hydrogen-bond acceptors (Lipinski definition) is 5. The van der Waals surface area contributed by atoms with Gasteiger partial charge in [0.2, 0.25) is 10.0 Å². The molecule has 1 rings (SSSR count). The Labute approximate surface area is 125 Å². The zero-order valence-electron chi connectivity index (χ0n) is 12.6. The van der Waals surface area contributed by atoms with E-state index in [4.69, 9.17) is 9.84 Å². The number of aliphatic carboxylic acids is 1. The lowest BCUT2D eigenvalue weighted by atomic mass is 10.1. The van der Waals surface area contributed by atoms with E-state index in [0.29, 0.717) is 12.8 Å². The molecule has 0 amide bonds. The Morgan fingerprint density at radius 1 is 1.33 bits per heavy atom. The van der Waals surface area contributed by atoms with Crippen molar-refractivity contribution >= 4 is 22.0 Å². The van der Waals surface area contributed by atoms with Gasteiger partial charge in [0.05, 0.1) is 17.8 Å². The van der Waals surface area contributed by atoms with Crippen molar-refractivity contribution in [2.45, 2.75) is 57.2 Å². The topological polar surface area (TPSA) is 110 Å². The summed E-state index contributed by atoms with van der Waals surface area (Å²) in [5.41, 5.74) is 0. The smallest absolute Gasteiger partial charge is 0.321 e. The lowest BCUT2D eigenvalue weighted by Gasteiger charge is -2.21. The molecule has 0 aromatic heterocycles. The highest BCUT2D eigenvalue weighted by molar-refractivity contribution is 7.91. The molecule has 1 atom stereocenters. The molecule has 2 N–H and O–H groups in total. The summed E-state index contributed by atoms with van der Waals surface area (Å²) in [5.74, 6) is -1.75. The van der Waals surface area contributed by atoms with Gasteiger partial charge in [-0.2, -0.15) is 0 Å². The van der Waals surface area contributed by atoms with E-state index < -0.39 is 32.8 Å². The molecule has 1 aliphatic carbocycles. The molecule has 0 heterocycles. The minimum atomic E-state index is -3.88. The van der Waals surface area contributed by atoms with Crippen molar-refractivity contribution in [1.29, 1.82) is 0 Å². The number of hydrogen-bond donors (Lipinski definition) is 2. The summed E-state index contributed by atoms with van der Waals surface area (Å²) in [5, 5.41) is 9.12. The molecule has 0 bridgehead atoms.